The molecule has 4 rings (SSSR count). The Morgan fingerprint density at radius 1 is 1.00 bits per heavy atom. The summed E-state index contributed by atoms with van der Waals surface area (Å²) in [6, 6.07) is 21.3. The normalized spacial score (nSPS) is 15.7. The van der Waals surface area contributed by atoms with Crippen LogP contribution in [0.4, 0.5) is 10.5 Å². The lowest BCUT2D eigenvalue weighted by atomic mass is 9.91. The number of rotatable bonds is 10. The van der Waals surface area contributed by atoms with Crippen molar-refractivity contribution in [3.8, 4) is 0 Å². The van der Waals surface area contributed by atoms with Crippen LogP contribution in [0.15, 0.2) is 78.9 Å². The fourth-order valence-electron chi connectivity index (χ4n) is 5.06. The van der Waals surface area contributed by atoms with Crippen molar-refractivity contribution in [2.24, 2.45) is 0 Å². The summed E-state index contributed by atoms with van der Waals surface area (Å²) in [6.45, 7) is 3.08. The molecular formula is C32H35N3O7. The maximum Gasteiger partial charge on any atom is 0.430 e. The Labute approximate surface area is 244 Å². The molecule has 3 aromatic carbocycles. The number of hydrogen-bond acceptors (Lipinski definition) is 8. The number of ketones is 1. The molecule has 3 atom stereocenters. The molecule has 1 aliphatic heterocycles. The van der Waals surface area contributed by atoms with Crippen LogP contribution in [0.3, 0.4) is 0 Å². The van der Waals surface area contributed by atoms with Crippen LogP contribution in [-0.4, -0.2) is 64.1 Å². The molecule has 0 unspecified atom stereocenters. The number of carbonyl (C=O) groups excluding carboxylic acids is 4. The van der Waals surface area contributed by atoms with Gasteiger partial charge in [0.25, 0.3) is 0 Å². The molecule has 0 radical (unpaired) electrons. The Hall–Kier alpha value is -4.54. The zero-order chi connectivity index (χ0) is 30.2. The summed E-state index contributed by atoms with van der Waals surface area (Å²) in [5, 5.41) is 14.7. The van der Waals surface area contributed by atoms with Gasteiger partial charge in [-0.2, -0.15) is 0 Å². The molecule has 0 saturated carbocycles. The molecule has 2 N–H and O–H groups in total. The fraction of sp³-hybridized carbons (Fsp3) is 0.312. The van der Waals surface area contributed by atoms with Crippen LogP contribution in [0, 0.1) is 0 Å². The second-order valence-corrected chi connectivity index (χ2v) is 10.3. The zero-order valence-corrected chi connectivity index (χ0v) is 23.9. The predicted octanol–water partition coefficient (Wildman–Crippen LogP) is 4.12. The molecule has 0 aromatic heterocycles. The Balaban J connectivity index is 1.64. The topological polar surface area (TPSA) is 125 Å². The highest BCUT2D eigenvalue weighted by Gasteiger charge is 2.41. The molecule has 1 heterocycles. The van der Waals surface area contributed by atoms with Gasteiger partial charge in [-0.25, -0.2) is 4.79 Å². The number of benzene rings is 3. The van der Waals surface area contributed by atoms with Gasteiger partial charge in [-0.1, -0.05) is 66.7 Å². The van der Waals surface area contributed by atoms with Crippen LogP contribution in [-0.2, 0) is 38.7 Å². The largest absolute Gasteiger partial charge is 0.469 e. The highest BCUT2D eigenvalue weighted by atomic mass is 16.7. The maximum absolute atomic E-state index is 14.2. The molecule has 220 valence electrons. The van der Waals surface area contributed by atoms with E-state index in [1.165, 1.54) is 27.0 Å². The number of methoxy groups -OCH3 is 1. The number of nitrogens with zero attached hydrogens (tertiary/aromatic N) is 2. The third-order valence-corrected chi connectivity index (χ3v) is 7.19. The van der Waals surface area contributed by atoms with Gasteiger partial charge in [-0.05, 0) is 49.1 Å². The number of ether oxygens (including phenoxy) is 1. The van der Waals surface area contributed by atoms with Gasteiger partial charge in [0.1, 0.15) is 0 Å². The number of carbonyl (C=O) groups is 4. The van der Waals surface area contributed by atoms with E-state index < -0.39 is 36.2 Å². The molecule has 0 fully saturated rings. The smallest absolute Gasteiger partial charge is 0.430 e. The average molecular weight is 574 g/mol. The summed E-state index contributed by atoms with van der Waals surface area (Å²) >= 11 is 0. The summed E-state index contributed by atoms with van der Waals surface area (Å²) < 4.78 is 4.90. The van der Waals surface area contributed by atoms with Gasteiger partial charge < -0.3 is 19.6 Å². The van der Waals surface area contributed by atoms with Crippen LogP contribution in [0.5, 0.6) is 0 Å². The van der Waals surface area contributed by atoms with E-state index in [2.05, 4.69) is 5.32 Å². The van der Waals surface area contributed by atoms with E-state index in [9.17, 15) is 24.3 Å². The predicted molar refractivity (Wildman–Crippen MR) is 155 cm³/mol. The molecule has 0 bridgehead atoms. The van der Waals surface area contributed by atoms with Gasteiger partial charge in [0.2, 0.25) is 5.91 Å². The Kier molecular flexibility index (Phi) is 10.1. The van der Waals surface area contributed by atoms with E-state index in [0.29, 0.717) is 17.7 Å². The zero-order valence-electron chi connectivity index (χ0n) is 23.9. The second kappa shape index (κ2) is 13.9. The Morgan fingerprint density at radius 2 is 1.69 bits per heavy atom. The summed E-state index contributed by atoms with van der Waals surface area (Å²) in [5.41, 5.74) is 3.42. The molecular weight excluding hydrogens is 538 g/mol. The van der Waals surface area contributed by atoms with Gasteiger partial charge in [0.15, 0.2) is 11.8 Å². The molecule has 0 saturated heterocycles. The quantitative estimate of drug-likeness (QED) is 0.211. The van der Waals surface area contributed by atoms with Crippen molar-refractivity contribution in [3.05, 3.63) is 101 Å². The van der Waals surface area contributed by atoms with Crippen molar-refractivity contribution in [1.82, 2.24) is 9.96 Å². The van der Waals surface area contributed by atoms with Crippen LogP contribution >= 0.6 is 0 Å². The van der Waals surface area contributed by atoms with Gasteiger partial charge >= 0.3 is 12.1 Å². The molecule has 2 amide bonds. The van der Waals surface area contributed by atoms with Crippen molar-refractivity contribution < 1.29 is 33.9 Å². The van der Waals surface area contributed by atoms with Crippen molar-refractivity contribution in [2.45, 2.75) is 58.0 Å². The first-order valence-corrected chi connectivity index (χ1v) is 13.7. The lowest BCUT2D eigenvalue weighted by molar-refractivity contribution is -0.182. The molecule has 42 heavy (non-hydrogen) atoms. The number of hydroxylamine groups is 2. The minimum absolute atomic E-state index is 0.00481. The van der Waals surface area contributed by atoms with Crippen molar-refractivity contribution in [2.75, 3.05) is 12.4 Å². The molecule has 0 spiro atoms. The van der Waals surface area contributed by atoms with Crippen LogP contribution in [0.25, 0.3) is 0 Å². The highest BCUT2D eigenvalue weighted by Crippen LogP contribution is 2.28. The van der Waals surface area contributed by atoms with E-state index in [-0.39, 0.29) is 25.3 Å². The van der Waals surface area contributed by atoms with Gasteiger partial charge in [-0.3, -0.25) is 19.7 Å². The number of nitrogens with one attached hydrogen (secondary N) is 1. The first-order chi connectivity index (χ1) is 20.2. The summed E-state index contributed by atoms with van der Waals surface area (Å²) in [6.07, 6.45) is -1.77. The van der Waals surface area contributed by atoms with E-state index >= 15 is 0 Å². The molecule has 0 aliphatic carbocycles. The highest BCUT2D eigenvalue weighted by molar-refractivity contribution is 5.96. The van der Waals surface area contributed by atoms with Crippen LogP contribution < -0.4 is 5.32 Å². The molecule has 10 heteroatoms. The number of hydrogen-bond donors (Lipinski definition) is 2. The minimum atomic E-state index is -1.30. The molecule has 10 nitrogen and oxygen atoms in total. The summed E-state index contributed by atoms with van der Waals surface area (Å²) in [7, 11) is 1.30. The van der Waals surface area contributed by atoms with Gasteiger partial charge in [-0.15, -0.1) is 5.06 Å². The molecule has 3 aromatic rings. The number of anilines is 1. The van der Waals surface area contributed by atoms with Gasteiger partial charge in [0.05, 0.1) is 26.2 Å². The second-order valence-electron chi connectivity index (χ2n) is 10.3. The lowest BCUT2D eigenvalue weighted by Crippen LogP contribution is -2.57. The Morgan fingerprint density at radius 3 is 2.36 bits per heavy atom. The first-order valence-electron chi connectivity index (χ1n) is 13.7. The van der Waals surface area contributed by atoms with Crippen molar-refractivity contribution in [3.63, 3.8) is 0 Å². The first kappa shape index (κ1) is 30.4. The Bertz CT molecular complexity index is 1430. The summed E-state index contributed by atoms with van der Waals surface area (Å²) in [5.74, 6) is -1.13. The monoisotopic (exact) mass is 573 g/mol. The third-order valence-electron chi connectivity index (χ3n) is 7.19. The number of esters is 1. The van der Waals surface area contributed by atoms with E-state index in [1.807, 2.05) is 54.6 Å². The summed E-state index contributed by atoms with van der Waals surface area (Å²) in [4.78, 5) is 58.7. The molecule has 1 aliphatic rings. The SMILES string of the molecule is COC(=O)C[C@H]1Cc2ccccc2CN1C(=O)[C@H]([C@@H](C)O)N(Cc1ccccc1)OC(=O)Nc1cccc(C(C)=O)c1. The van der Waals surface area contributed by atoms with Crippen molar-refractivity contribution in [1.29, 1.82) is 0 Å². The van der Waals surface area contributed by atoms with E-state index in [4.69, 9.17) is 9.57 Å². The van der Waals surface area contributed by atoms with Crippen LogP contribution in [0.2, 0.25) is 0 Å². The fourth-order valence-corrected chi connectivity index (χ4v) is 5.06. The van der Waals surface area contributed by atoms with E-state index in [0.717, 1.165) is 21.8 Å². The number of aliphatic hydroxyl groups excluding tert-OH is 1. The van der Waals surface area contributed by atoms with Crippen LogP contribution in [0.1, 0.15) is 47.3 Å². The lowest BCUT2D eigenvalue weighted by Gasteiger charge is -2.41. The minimum Gasteiger partial charge on any atom is -0.469 e. The standard InChI is InChI=1S/C32H35N3O7/c1-21(36)24-14-9-15-27(16-24)33-32(40)42-35(19-23-10-5-4-6-11-23)30(22(2)37)31(39)34-20-26-13-8-7-12-25(26)17-28(34)18-29(38)41-3/h4-16,22,28,30,37H,17-20H2,1-3H3,(H,33,40)/t22-,28-,30+/m1/s1. The van der Waals surface area contributed by atoms with E-state index in [1.54, 1.807) is 23.1 Å². The number of amides is 2. The van der Waals surface area contributed by atoms with Crippen molar-refractivity contribution >= 4 is 29.4 Å². The number of aliphatic hydroxyl groups is 1. The average Bonchev–Trinajstić information content (AvgIpc) is 2.97. The maximum atomic E-state index is 14.2. The number of Topliss-reactive ketones (excluding diaryl/α,β-unsaturated/α-hetero) is 1. The van der Waals surface area contributed by atoms with Gasteiger partial charge in [0, 0.05) is 23.8 Å². The number of fused-ring (bicyclic) bond motifs is 1. The third kappa shape index (κ3) is 7.59.